The minimum absolute atomic E-state index is 0.425. The molecule has 2 fully saturated rings. The highest BCUT2D eigenvalue weighted by molar-refractivity contribution is 5.79. The molecule has 0 bridgehead atoms. The number of methoxy groups -OCH3 is 1. The van der Waals surface area contributed by atoms with Gasteiger partial charge in [-0.3, -0.25) is 9.89 Å². The minimum Gasteiger partial charge on any atom is -0.383 e. The molecule has 6 heteroatoms. The molecule has 1 aliphatic carbocycles. The number of nitrogens with zero attached hydrogens (tertiary/aromatic N) is 3. The normalized spacial score (nSPS) is 20.3. The maximum absolute atomic E-state index is 5.72. The van der Waals surface area contributed by atoms with Crippen LogP contribution in [0.3, 0.4) is 0 Å². The van der Waals surface area contributed by atoms with Crippen LogP contribution in [0.5, 0.6) is 0 Å². The molecule has 134 valence electrons. The van der Waals surface area contributed by atoms with Crippen molar-refractivity contribution in [2.45, 2.75) is 44.8 Å². The summed E-state index contributed by atoms with van der Waals surface area (Å²) in [5.74, 6) is 1.03. The lowest BCUT2D eigenvalue weighted by molar-refractivity contribution is 0.0263. The molecule has 1 saturated carbocycles. The second-order valence-electron chi connectivity index (χ2n) is 6.38. The molecule has 0 unspecified atom stereocenters. The lowest BCUT2D eigenvalue weighted by Gasteiger charge is -2.34. The quantitative estimate of drug-likeness (QED) is 0.509. The SMILES string of the molecule is CCOC1CCN(C(=NC)NCCN(CCOC)C2CC2)CC1. The highest BCUT2D eigenvalue weighted by atomic mass is 16.5. The second kappa shape index (κ2) is 10.1. The van der Waals surface area contributed by atoms with Crippen LogP contribution in [0.2, 0.25) is 0 Å². The second-order valence-corrected chi connectivity index (χ2v) is 6.38. The van der Waals surface area contributed by atoms with Gasteiger partial charge in [-0.25, -0.2) is 0 Å². The Bertz CT molecular complexity index is 353. The number of rotatable bonds is 9. The van der Waals surface area contributed by atoms with E-state index in [-0.39, 0.29) is 0 Å². The predicted octanol–water partition coefficient (Wildman–Crippen LogP) is 1.17. The van der Waals surface area contributed by atoms with Gasteiger partial charge in [0.2, 0.25) is 0 Å². The van der Waals surface area contributed by atoms with E-state index in [9.17, 15) is 0 Å². The topological polar surface area (TPSA) is 49.3 Å². The molecule has 0 aromatic rings. The number of ether oxygens (including phenoxy) is 2. The number of nitrogens with one attached hydrogen (secondary N) is 1. The summed E-state index contributed by atoms with van der Waals surface area (Å²) in [4.78, 5) is 9.34. The van der Waals surface area contributed by atoms with Crippen molar-refractivity contribution in [3.8, 4) is 0 Å². The third kappa shape index (κ3) is 6.28. The molecule has 1 saturated heterocycles. The first-order chi connectivity index (χ1) is 11.3. The molecule has 0 radical (unpaired) electrons. The van der Waals surface area contributed by atoms with Gasteiger partial charge in [-0.2, -0.15) is 0 Å². The number of likely N-dealkylation sites (tertiary alicyclic amines) is 1. The van der Waals surface area contributed by atoms with Gasteiger partial charge in [-0.05, 0) is 32.6 Å². The summed E-state index contributed by atoms with van der Waals surface area (Å²) >= 11 is 0. The molecule has 2 aliphatic rings. The molecule has 1 aliphatic heterocycles. The molecule has 23 heavy (non-hydrogen) atoms. The standard InChI is InChI=1S/C17H34N4O2/c1-4-23-16-7-10-21(11-8-16)17(18-2)19-9-12-20(13-14-22-3)15-5-6-15/h15-16H,4-14H2,1-3H3,(H,18,19). The summed E-state index contributed by atoms with van der Waals surface area (Å²) in [6.45, 7) is 8.79. The van der Waals surface area contributed by atoms with Crippen LogP contribution in [0.4, 0.5) is 0 Å². The van der Waals surface area contributed by atoms with Crippen molar-refractivity contribution >= 4 is 5.96 Å². The van der Waals surface area contributed by atoms with E-state index in [1.807, 2.05) is 7.05 Å². The van der Waals surface area contributed by atoms with Crippen molar-refractivity contribution in [3.05, 3.63) is 0 Å². The first-order valence-corrected chi connectivity index (χ1v) is 9.08. The predicted molar refractivity (Wildman–Crippen MR) is 94.1 cm³/mol. The summed E-state index contributed by atoms with van der Waals surface area (Å²) < 4.78 is 10.9. The number of hydrogen-bond donors (Lipinski definition) is 1. The van der Waals surface area contributed by atoms with Gasteiger partial charge < -0.3 is 19.7 Å². The summed E-state index contributed by atoms with van der Waals surface area (Å²) in [6, 6.07) is 0.774. The zero-order valence-corrected chi connectivity index (χ0v) is 15.1. The molecular formula is C17H34N4O2. The van der Waals surface area contributed by atoms with Gasteiger partial charge >= 0.3 is 0 Å². The maximum Gasteiger partial charge on any atom is 0.193 e. The molecule has 1 N–H and O–H groups in total. The monoisotopic (exact) mass is 326 g/mol. The molecule has 0 atom stereocenters. The van der Waals surface area contributed by atoms with Gasteiger partial charge in [0, 0.05) is 59.5 Å². The van der Waals surface area contributed by atoms with Crippen LogP contribution in [-0.4, -0.2) is 88.0 Å². The van der Waals surface area contributed by atoms with Gasteiger partial charge in [0.25, 0.3) is 0 Å². The maximum atomic E-state index is 5.72. The van der Waals surface area contributed by atoms with Gasteiger partial charge in [0.15, 0.2) is 5.96 Å². The number of guanidine groups is 1. The fourth-order valence-electron chi connectivity index (χ4n) is 3.24. The van der Waals surface area contributed by atoms with Crippen molar-refractivity contribution in [2.24, 2.45) is 4.99 Å². The van der Waals surface area contributed by atoms with Gasteiger partial charge in [-0.1, -0.05) is 0 Å². The minimum atomic E-state index is 0.425. The van der Waals surface area contributed by atoms with Crippen molar-refractivity contribution < 1.29 is 9.47 Å². The summed E-state index contributed by atoms with van der Waals surface area (Å²) in [6.07, 6.45) is 5.29. The van der Waals surface area contributed by atoms with E-state index < -0.39 is 0 Å². The van der Waals surface area contributed by atoms with Crippen LogP contribution >= 0.6 is 0 Å². The van der Waals surface area contributed by atoms with E-state index in [1.54, 1.807) is 7.11 Å². The van der Waals surface area contributed by atoms with Crippen LogP contribution in [0.1, 0.15) is 32.6 Å². The first-order valence-electron chi connectivity index (χ1n) is 9.08. The highest BCUT2D eigenvalue weighted by Crippen LogP contribution is 2.26. The molecule has 0 amide bonds. The highest BCUT2D eigenvalue weighted by Gasteiger charge is 2.28. The Kier molecular flexibility index (Phi) is 8.12. The lowest BCUT2D eigenvalue weighted by atomic mass is 10.1. The Morgan fingerprint density at radius 3 is 2.52 bits per heavy atom. The van der Waals surface area contributed by atoms with E-state index in [1.165, 1.54) is 12.8 Å². The Balaban J connectivity index is 1.68. The molecule has 6 nitrogen and oxygen atoms in total. The first kappa shape index (κ1) is 18.5. The van der Waals surface area contributed by atoms with Gasteiger partial charge in [0.05, 0.1) is 12.7 Å². The lowest BCUT2D eigenvalue weighted by Crippen LogP contribution is -2.48. The Morgan fingerprint density at radius 1 is 1.22 bits per heavy atom. The summed E-state index contributed by atoms with van der Waals surface area (Å²) in [5, 5.41) is 3.53. The Labute approximate surface area is 141 Å². The van der Waals surface area contributed by atoms with E-state index >= 15 is 0 Å². The summed E-state index contributed by atoms with van der Waals surface area (Å²) in [5.41, 5.74) is 0. The zero-order chi connectivity index (χ0) is 16.5. The van der Waals surface area contributed by atoms with Crippen LogP contribution in [0, 0.1) is 0 Å². The Morgan fingerprint density at radius 2 is 1.96 bits per heavy atom. The van der Waals surface area contributed by atoms with E-state index in [2.05, 4.69) is 27.0 Å². The van der Waals surface area contributed by atoms with Crippen molar-refractivity contribution in [2.75, 3.05) is 60.1 Å². The Hall–Kier alpha value is -0.850. The van der Waals surface area contributed by atoms with Crippen LogP contribution < -0.4 is 5.32 Å². The average Bonchev–Trinajstić information content (AvgIpc) is 3.41. The smallest absolute Gasteiger partial charge is 0.193 e. The molecule has 0 spiro atoms. The van der Waals surface area contributed by atoms with Gasteiger partial charge in [0.1, 0.15) is 0 Å². The van der Waals surface area contributed by atoms with Crippen LogP contribution in [-0.2, 0) is 9.47 Å². The fourth-order valence-corrected chi connectivity index (χ4v) is 3.24. The third-order valence-corrected chi connectivity index (χ3v) is 4.68. The van der Waals surface area contributed by atoms with Crippen molar-refractivity contribution in [1.82, 2.24) is 15.1 Å². The number of piperidine rings is 1. The van der Waals surface area contributed by atoms with Crippen molar-refractivity contribution in [3.63, 3.8) is 0 Å². The fraction of sp³-hybridized carbons (Fsp3) is 0.941. The van der Waals surface area contributed by atoms with E-state index in [0.717, 1.165) is 70.8 Å². The largest absolute Gasteiger partial charge is 0.383 e. The third-order valence-electron chi connectivity index (χ3n) is 4.68. The van der Waals surface area contributed by atoms with E-state index in [4.69, 9.17) is 9.47 Å². The molecule has 0 aromatic heterocycles. The van der Waals surface area contributed by atoms with Crippen LogP contribution in [0.15, 0.2) is 4.99 Å². The molecule has 1 heterocycles. The molecule has 0 aromatic carbocycles. The zero-order valence-electron chi connectivity index (χ0n) is 15.1. The summed E-state index contributed by atoms with van der Waals surface area (Å²) in [7, 11) is 3.65. The molecule has 2 rings (SSSR count). The number of hydrogen-bond acceptors (Lipinski definition) is 4. The van der Waals surface area contributed by atoms with Gasteiger partial charge in [-0.15, -0.1) is 0 Å². The molecular weight excluding hydrogens is 292 g/mol. The van der Waals surface area contributed by atoms with E-state index in [0.29, 0.717) is 6.10 Å². The van der Waals surface area contributed by atoms with Crippen molar-refractivity contribution in [1.29, 1.82) is 0 Å². The number of aliphatic imine (C=N–C) groups is 1. The van der Waals surface area contributed by atoms with Crippen LogP contribution in [0.25, 0.3) is 0 Å². The average molecular weight is 326 g/mol.